The third-order valence-corrected chi connectivity index (χ3v) is 9.93. The highest BCUT2D eigenvalue weighted by molar-refractivity contribution is 9.12. The normalized spacial score (nSPS) is 31.8. The molecular weight excluding hydrogens is 544 g/mol. The summed E-state index contributed by atoms with van der Waals surface area (Å²) >= 11 is 7.33. The van der Waals surface area contributed by atoms with Crippen LogP contribution >= 0.6 is 31.9 Å². The molecule has 0 radical (unpaired) electrons. The summed E-state index contributed by atoms with van der Waals surface area (Å²) in [5.74, 6) is -1.61. The van der Waals surface area contributed by atoms with Crippen LogP contribution in [0.4, 0.5) is 5.69 Å². The zero-order valence-electron chi connectivity index (χ0n) is 18.1. The number of hydrogen-bond acceptors (Lipinski definition) is 5. The maximum atomic E-state index is 13.1. The van der Waals surface area contributed by atoms with Crippen molar-refractivity contribution in [2.24, 2.45) is 29.6 Å². The molecule has 2 bridgehead atoms. The van der Waals surface area contributed by atoms with Gasteiger partial charge in [0.15, 0.2) is 0 Å². The molecule has 0 spiro atoms. The van der Waals surface area contributed by atoms with Gasteiger partial charge in [-0.2, -0.15) is 0 Å². The summed E-state index contributed by atoms with van der Waals surface area (Å²) in [6.07, 6.45) is 0.846. The molecule has 172 valence electrons. The van der Waals surface area contributed by atoms with E-state index in [1.165, 1.54) is 0 Å². The van der Waals surface area contributed by atoms with Crippen molar-refractivity contribution in [2.75, 3.05) is 11.9 Å². The number of benzene rings is 1. The van der Waals surface area contributed by atoms with Crippen LogP contribution in [0.15, 0.2) is 24.3 Å². The highest BCUT2D eigenvalue weighted by atomic mass is 79.9. The molecule has 1 N–H and O–H groups in total. The van der Waals surface area contributed by atoms with E-state index in [2.05, 4.69) is 37.2 Å². The Kier molecular flexibility index (Phi) is 6.51. The first-order chi connectivity index (χ1) is 15.1. The zero-order valence-corrected chi connectivity index (χ0v) is 21.3. The number of nitrogens with one attached hydrogen (secondary N) is 1. The van der Waals surface area contributed by atoms with Crippen molar-refractivity contribution in [3.63, 3.8) is 0 Å². The molecule has 3 amide bonds. The molecule has 0 aromatic heterocycles. The number of alkyl halides is 2. The van der Waals surface area contributed by atoms with E-state index in [1.54, 1.807) is 31.2 Å². The van der Waals surface area contributed by atoms with Gasteiger partial charge in [-0.05, 0) is 55.4 Å². The van der Waals surface area contributed by atoms with Crippen LogP contribution in [-0.2, 0) is 19.1 Å². The van der Waals surface area contributed by atoms with Crippen molar-refractivity contribution in [3.05, 3.63) is 29.8 Å². The lowest BCUT2D eigenvalue weighted by molar-refractivity contribution is -0.146. The Morgan fingerprint density at radius 2 is 1.56 bits per heavy atom. The summed E-state index contributed by atoms with van der Waals surface area (Å²) in [7, 11) is 0. The van der Waals surface area contributed by atoms with E-state index in [9.17, 15) is 19.2 Å². The molecule has 3 fully saturated rings. The van der Waals surface area contributed by atoms with Gasteiger partial charge in [0.05, 0.1) is 24.0 Å². The van der Waals surface area contributed by atoms with E-state index in [0.29, 0.717) is 17.9 Å². The number of carbonyl (C=O) groups is 4. The van der Waals surface area contributed by atoms with Crippen LogP contribution in [0, 0.1) is 29.6 Å². The Bertz CT molecular complexity index is 918. The standard InChI is InChI=1S/C23H26Br2N2O5/c1-10(2)9-32-23(31)12-4-6-13(7-5-12)26-20(28)11(3)27-21(29)16-14-8-15(17(16)22(27)30)19(25)18(14)24/h4-7,10-11,14-19H,8-9H2,1-3H3,(H,26,28)/t11-,14+,15+,16+,17+,18-,19+/m0/s1. The second-order valence-electron chi connectivity index (χ2n) is 9.29. The molecule has 2 saturated carbocycles. The van der Waals surface area contributed by atoms with Gasteiger partial charge in [0, 0.05) is 15.3 Å². The minimum atomic E-state index is -0.918. The van der Waals surface area contributed by atoms with Gasteiger partial charge in [0.2, 0.25) is 17.7 Å². The maximum Gasteiger partial charge on any atom is 0.338 e. The average molecular weight is 570 g/mol. The number of imide groups is 1. The third-order valence-electron chi connectivity index (χ3n) is 6.72. The SMILES string of the molecule is CC(C)COC(=O)c1ccc(NC(=O)[C@H](C)N2C(=O)[C@@H]3[C@H]4C[C@@H]([C@@H](Br)[C@H]4Br)[C@H]3C2=O)cc1. The van der Waals surface area contributed by atoms with E-state index in [4.69, 9.17) is 4.74 Å². The largest absolute Gasteiger partial charge is 0.462 e. The van der Waals surface area contributed by atoms with Crippen LogP contribution in [0.5, 0.6) is 0 Å². The number of halogens is 2. The first-order valence-corrected chi connectivity index (χ1v) is 12.7. The van der Waals surface area contributed by atoms with Crippen molar-refractivity contribution in [1.82, 2.24) is 4.90 Å². The van der Waals surface area contributed by atoms with Crippen molar-refractivity contribution < 1.29 is 23.9 Å². The fourth-order valence-corrected chi connectivity index (χ4v) is 7.01. The molecule has 2 aliphatic carbocycles. The van der Waals surface area contributed by atoms with Crippen LogP contribution in [0.3, 0.4) is 0 Å². The van der Waals surface area contributed by atoms with Gasteiger partial charge in [0.25, 0.3) is 0 Å². The molecule has 9 heteroatoms. The maximum absolute atomic E-state index is 13.1. The van der Waals surface area contributed by atoms with E-state index in [0.717, 1.165) is 11.3 Å². The predicted molar refractivity (Wildman–Crippen MR) is 126 cm³/mol. The molecule has 32 heavy (non-hydrogen) atoms. The fourth-order valence-electron chi connectivity index (χ4n) is 5.13. The van der Waals surface area contributed by atoms with E-state index >= 15 is 0 Å². The summed E-state index contributed by atoms with van der Waals surface area (Å²) in [6.45, 7) is 5.82. The second-order valence-corrected chi connectivity index (χ2v) is 11.4. The Labute approximate surface area is 203 Å². The van der Waals surface area contributed by atoms with Gasteiger partial charge in [-0.1, -0.05) is 45.7 Å². The molecule has 1 heterocycles. The van der Waals surface area contributed by atoms with Crippen LogP contribution in [0.2, 0.25) is 0 Å². The lowest BCUT2D eigenvalue weighted by atomic mass is 9.81. The average Bonchev–Trinajstić information content (AvgIpc) is 3.36. The van der Waals surface area contributed by atoms with Crippen molar-refractivity contribution in [1.29, 1.82) is 0 Å². The van der Waals surface area contributed by atoms with Crippen LogP contribution < -0.4 is 5.32 Å². The van der Waals surface area contributed by atoms with Gasteiger partial charge < -0.3 is 10.1 Å². The summed E-state index contributed by atoms with van der Waals surface area (Å²) < 4.78 is 5.20. The van der Waals surface area contributed by atoms with Gasteiger partial charge in [-0.3, -0.25) is 19.3 Å². The quantitative estimate of drug-likeness (QED) is 0.321. The number of ether oxygens (including phenoxy) is 1. The smallest absolute Gasteiger partial charge is 0.338 e. The highest BCUT2D eigenvalue weighted by Crippen LogP contribution is 2.60. The topological polar surface area (TPSA) is 92.8 Å². The second kappa shape index (κ2) is 8.89. The summed E-state index contributed by atoms with van der Waals surface area (Å²) in [6, 6.07) is 5.43. The fraction of sp³-hybridized carbons (Fsp3) is 0.565. The van der Waals surface area contributed by atoms with Crippen molar-refractivity contribution in [2.45, 2.75) is 42.9 Å². The Balaban J connectivity index is 1.41. The summed E-state index contributed by atoms with van der Waals surface area (Å²) in [5.41, 5.74) is 0.862. The van der Waals surface area contributed by atoms with Gasteiger partial charge in [-0.25, -0.2) is 4.79 Å². The zero-order chi connectivity index (χ0) is 23.3. The number of rotatable bonds is 6. The van der Waals surface area contributed by atoms with Crippen LogP contribution in [0.25, 0.3) is 0 Å². The minimum absolute atomic E-state index is 0.106. The molecule has 1 saturated heterocycles. The number of fused-ring (bicyclic) bond motifs is 5. The molecule has 1 aromatic rings. The highest BCUT2D eigenvalue weighted by Gasteiger charge is 2.67. The van der Waals surface area contributed by atoms with Crippen LogP contribution in [-0.4, -0.2) is 50.9 Å². The Morgan fingerprint density at radius 1 is 1.03 bits per heavy atom. The number of anilines is 1. The van der Waals surface area contributed by atoms with E-state index in [1.807, 2.05) is 13.8 Å². The molecular formula is C23H26Br2N2O5. The van der Waals surface area contributed by atoms with Crippen molar-refractivity contribution in [3.8, 4) is 0 Å². The van der Waals surface area contributed by atoms with E-state index < -0.39 is 17.9 Å². The Hall–Kier alpha value is -1.74. The van der Waals surface area contributed by atoms with Gasteiger partial charge >= 0.3 is 5.97 Å². The molecule has 7 nitrogen and oxygen atoms in total. The summed E-state index contributed by atoms with van der Waals surface area (Å²) in [4.78, 5) is 52.5. The molecule has 4 rings (SSSR count). The van der Waals surface area contributed by atoms with Crippen molar-refractivity contribution >= 4 is 61.2 Å². The molecule has 1 aromatic carbocycles. The van der Waals surface area contributed by atoms with E-state index in [-0.39, 0.29) is 51.1 Å². The number of carbonyl (C=O) groups excluding carboxylic acids is 4. The summed E-state index contributed by atoms with van der Waals surface area (Å²) in [5, 5.41) is 2.74. The third kappa shape index (κ3) is 3.91. The lowest BCUT2D eigenvalue weighted by Gasteiger charge is -2.28. The molecule has 1 aliphatic heterocycles. The predicted octanol–water partition coefficient (Wildman–Crippen LogP) is 3.60. The van der Waals surface area contributed by atoms with Gasteiger partial charge in [-0.15, -0.1) is 0 Å². The monoisotopic (exact) mass is 568 g/mol. The lowest BCUT2D eigenvalue weighted by Crippen LogP contribution is -2.46. The molecule has 3 aliphatic rings. The number of amides is 3. The Morgan fingerprint density at radius 3 is 2.06 bits per heavy atom. The molecule has 0 unspecified atom stereocenters. The number of likely N-dealkylation sites (tertiary alicyclic amines) is 1. The number of esters is 1. The van der Waals surface area contributed by atoms with Crippen LogP contribution in [0.1, 0.15) is 37.6 Å². The minimum Gasteiger partial charge on any atom is -0.462 e. The first-order valence-electron chi connectivity index (χ1n) is 10.8. The van der Waals surface area contributed by atoms with Gasteiger partial charge in [0.1, 0.15) is 6.04 Å². The molecule has 7 atom stereocenters. The number of hydrogen-bond donors (Lipinski definition) is 1. The first kappa shape index (κ1) is 23.4. The number of nitrogens with zero attached hydrogens (tertiary/aromatic N) is 1.